The second-order valence-electron chi connectivity index (χ2n) is 4.71. The van der Waals surface area contributed by atoms with E-state index in [2.05, 4.69) is 15.2 Å². The van der Waals surface area contributed by atoms with Crippen molar-refractivity contribution in [3.8, 4) is 0 Å². The van der Waals surface area contributed by atoms with Crippen molar-refractivity contribution in [2.24, 2.45) is 5.10 Å². The lowest BCUT2D eigenvalue weighted by Crippen LogP contribution is -2.17. The Balaban J connectivity index is 1.93. The van der Waals surface area contributed by atoms with Crippen LogP contribution in [0.1, 0.15) is 16.8 Å². The quantitative estimate of drug-likeness (QED) is 0.680. The van der Waals surface area contributed by atoms with E-state index >= 15 is 0 Å². The maximum atomic E-state index is 12.5. The monoisotopic (exact) mass is 322 g/mol. The predicted molar refractivity (Wildman–Crippen MR) is 75.2 cm³/mol. The van der Waals surface area contributed by atoms with E-state index in [0.29, 0.717) is 11.3 Å². The highest BCUT2D eigenvalue weighted by Gasteiger charge is 2.29. The zero-order valence-corrected chi connectivity index (χ0v) is 11.7. The van der Waals surface area contributed by atoms with Gasteiger partial charge in [0.15, 0.2) is 0 Å². The topological polar surface area (TPSA) is 73.3 Å². The van der Waals surface area contributed by atoms with Gasteiger partial charge in [-0.2, -0.15) is 27.9 Å². The van der Waals surface area contributed by atoms with Crippen LogP contribution in [0, 0.1) is 6.92 Å². The van der Waals surface area contributed by atoms with Gasteiger partial charge in [-0.15, -0.1) is 0 Å². The molecule has 0 aliphatic carbocycles. The van der Waals surface area contributed by atoms with Gasteiger partial charge in [0.05, 0.1) is 17.5 Å². The number of alkyl halides is 3. The average Bonchev–Trinajstić information content (AvgIpc) is 2.88. The van der Waals surface area contributed by atoms with Gasteiger partial charge in [-0.05, 0) is 24.6 Å². The van der Waals surface area contributed by atoms with Crippen LogP contribution in [-0.4, -0.2) is 21.0 Å². The number of aromatic nitrogens is 3. The zero-order valence-electron chi connectivity index (χ0n) is 11.7. The molecule has 0 aliphatic rings. The van der Waals surface area contributed by atoms with E-state index in [1.54, 1.807) is 6.92 Å². The minimum atomic E-state index is -4.40. The molecule has 0 amide bonds. The first kappa shape index (κ1) is 14.9. The molecule has 0 aliphatic heterocycles. The minimum absolute atomic E-state index is 0.105. The molecule has 0 fully saturated rings. The molecular weight excluding hydrogens is 313 g/mol. The van der Waals surface area contributed by atoms with E-state index in [4.69, 9.17) is 4.52 Å². The molecule has 23 heavy (non-hydrogen) atoms. The molecule has 2 aromatic heterocycles. The summed E-state index contributed by atoms with van der Waals surface area (Å²) >= 11 is 0. The van der Waals surface area contributed by atoms with Crippen LogP contribution in [0.15, 0.2) is 45.0 Å². The highest BCUT2D eigenvalue weighted by Crippen LogP contribution is 2.28. The van der Waals surface area contributed by atoms with Crippen molar-refractivity contribution in [1.29, 1.82) is 0 Å². The third-order valence-electron chi connectivity index (χ3n) is 3.12. The molecule has 9 heteroatoms. The van der Waals surface area contributed by atoms with Crippen LogP contribution >= 0.6 is 0 Å². The Hall–Kier alpha value is -2.97. The predicted octanol–water partition coefficient (Wildman–Crippen LogP) is 2.59. The van der Waals surface area contributed by atoms with Gasteiger partial charge in [-0.3, -0.25) is 4.79 Å². The Labute approximate surface area is 126 Å². The fourth-order valence-corrected chi connectivity index (χ4v) is 1.94. The van der Waals surface area contributed by atoms with Crippen molar-refractivity contribution in [2.75, 3.05) is 0 Å². The number of aryl methyl sites for hydroxylation is 1. The summed E-state index contributed by atoms with van der Waals surface area (Å²) in [6.07, 6.45) is -1.98. The molecule has 3 rings (SSSR count). The fraction of sp³-hybridized carbons (Fsp3) is 0.143. The molecule has 3 aromatic rings. The molecule has 0 radical (unpaired) electrons. The van der Waals surface area contributed by atoms with Crippen molar-refractivity contribution in [3.63, 3.8) is 0 Å². The summed E-state index contributed by atoms with van der Waals surface area (Å²) in [6, 6.07) is 4.40. The summed E-state index contributed by atoms with van der Waals surface area (Å²) in [5.41, 5.74) is -0.330. The molecule has 1 aromatic carbocycles. The number of halogens is 3. The molecule has 2 heterocycles. The molecule has 0 N–H and O–H groups in total. The standard InChI is InChI=1S/C14H9F3N4O2/c1-8-11-12(23-20-8)18-7-21(13(11)22)19-6-9-2-4-10(5-3-9)14(15,16)17/h2-7H,1H3/b19-6+. The van der Waals surface area contributed by atoms with Gasteiger partial charge in [-0.25, -0.2) is 0 Å². The number of hydrogen-bond donors (Lipinski definition) is 0. The highest BCUT2D eigenvalue weighted by atomic mass is 19.4. The molecule has 0 unspecified atom stereocenters. The molecule has 0 spiro atoms. The first-order chi connectivity index (χ1) is 10.9. The summed E-state index contributed by atoms with van der Waals surface area (Å²) in [5.74, 6) is 0. The van der Waals surface area contributed by atoms with Crippen molar-refractivity contribution >= 4 is 17.3 Å². The number of nitrogens with zero attached hydrogens (tertiary/aromatic N) is 4. The van der Waals surface area contributed by atoms with E-state index in [1.807, 2.05) is 0 Å². The number of rotatable bonds is 2. The van der Waals surface area contributed by atoms with Crippen LogP contribution in [0.25, 0.3) is 11.1 Å². The van der Waals surface area contributed by atoms with Gasteiger partial charge in [0.1, 0.15) is 11.7 Å². The van der Waals surface area contributed by atoms with Gasteiger partial charge < -0.3 is 4.52 Å². The summed E-state index contributed by atoms with van der Waals surface area (Å²) in [5, 5.41) is 7.75. The lowest BCUT2D eigenvalue weighted by Gasteiger charge is -2.05. The van der Waals surface area contributed by atoms with Crippen LogP contribution in [0.5, 0.6) is 0 Å². The van der Waals surface area contributed by atoms with Crippen molar-refractivity contribution in [3.05, 3.63) is 57.8 Å². The SMILES string of the molecule is Cc1noc2ncn(/N=C/c3ccc(C(F)(F)F)cc3)c(=O)c12. The lowest BCUT2D eigenvalue weighted by atomic mass is 10.1. The van der Waals surface area contributed by atoms with Gasteiger partial charge in [0, 0.05) is 0 Å². The number of hydrogen-bond acceptors (Lipinski definition) is 5. The summed E-state index contributed by atoms with van der Waals surface area (Å²) in [4.78, 5) is 16.1. The third-order valence-corrected chi connectivity index (χ3v) is 3.12. The van der Waals surface area contributed by atoms with Gasteiger partial charge in [0.25, 0.3) is 11.3 Å². The maximum absolute atomic E-state index is 12.5. The van der Waals surface area contributed by atoms with E-state index in [-0.39, 0.29) is 11.1 Å². The van der Waals surface area contributed by atoms with E-state index in [9.17, 15) is 18.0 Å². The molecule has 0 atom stereocenters. The average molecular weight is 322 g/mol. The summed E-state index contributed by atoms with van der Waals surface area (Å²) in [6.45, 7) is 1.60. The fourth-order valence-electron chi connectivity index (χ4n) is 1.94. The van der Waals surface area contributed by atoms with Crippen molar-refractivity contribution < 1.29 is 17.7 Å². The second kappa shape index (κ2) is 5.34. The molecular formula is C14H9F3N4O2. The molecule has 6 nitrogen and oxygen atoms in total. The first-order valence-electron chi connectivity index (χ1n) is 6.41. The van der Waals surface area contributed by atoms with E-state index in [0.717, 1.165) is 23.1 Å². The van der Waals surface area contributed by atoms with Crippen LogP contribution in [-0.2, 0) is 6.18 Å². The van der Waals surface area contributed by atoms with Crippen molar-refractivity contribution in [1.82, 2.24) is 14.8 Å². The Morgan fingerprint density at radius 3 is 2.61 bits per heavy atom. The summed E-state index contributed by atoms with van der Waals surface area (Å²) in [7, 11) is 0. The lowest BCUT2D eigenvalue weighted by molar-refractivity contribution is -0.137. The number of benzene rings is 1. The Morgan fingerprint density at radius 1 is 1.26 bits per heavy atom. The zero-order chi connectivity index (χ0) is 16.6. The maximum Gasteiger partial charge on any atom is 0.416 e. The van der Waals surface area contributed by atoms with E-state index < -0.39 is 17.3 Å². The normalized spacial score (nSPS) is 12.3. The van der Waals surface area contributed by atoms with Crippen LogP contribution in [0.3, 0.4) is 0 Å². The third kappa shape index (κ3) is 2.85. The largest absolute Gasteiger partial charge is 0.416 e. The second-order valence-corrected chi connectivity index (χ2v) is 4.71. The molecule has 118 valence electrons. The molecule has 0 bridgehead atoms. The Bertz CT molecular complexity index is 939. The highest BCUT2D eigenvalue weighted by molar-refractivity contribution is 5.79. The molecule has 0 saturated carbocycles. The van der Waals surface area contributed by atoms with Gasteiger partial charge >= 0.3 is 6.18 Å². The van der Waals surface area contributed by atoms with Crippen molar-refractivity contribution in [2.45, 2.75) is 13.1 Å². The Kier molecular flexibility index (Phi) is 3.47. The summed E-state index contributed by atoms with van der Waals surface area (Å²) < 4.78 is 43.3. The van der Waals surface area contributed by atoms with E-state index in [1.165, 1.54) is 18.3 Å². The van der Waals surface area contributed by atoms with Crippen LogP contribution in [0.2, 0.25) is 0 Å². The number of fused-ring (bicyclic) bond motifs is 1. The van der Waals surface area contributed by atoms with Gasteiger partial charge in [0.2, 0.25) is 0 Å². The Morgan fingerprint density at radius 2 is 1.96 bits per heavy atom. The molecule has 0 saturated heterocycles. The van der Waals surface area contributed by atoms with Crippen LogP contribution in [0.4, 0.5) is 13.2 Å². The smallest absolute Gasteiger partial charge is 0.335 e. The minimum Gasteiger partial charge on any atom is -0.335 e. The first-order valence-corrected chi connectivity index (χ1v) is 6.41. The van der Waals surface area contributed by atoms with Gasteiger partial charge in [-0.1, -0.05) is 17.3 Å². The van der Waals surface area contributed by atoms with Crippen LogP contribution < -0.4 is 5.56 Å².